The van der Waals surface area contributed by atoms with E-state index in [0.29, 0.717) is 28.6 Å². The van der Waals surface area contributed by atoms with Gasteiger partial charge in [0.15, 0.2) is 0 Å². The number of aliphatic imine (C=N–C) groups is 1. The number of hydrogen-bond acceptors (Lipinski definition) is 5. The van der Waals surface area contributed by atoms with Crippen molar-refractivity contribution in [1.29, 1.82) is 0 Å². The third-order valence-electron chi connectivity index (χ3n) is 3.64. The standard InChI is InChI=1S/C18H21ClN4OS/c1-22-17(15(19)10-21)13-8-16(25-11-13)18(24)23-14(9-20)7-12-5-3-2-4-6-12/h2-6,8,10-11,14H,7,9,20-21H2,1H3,(H,23,24). The molecule has 5 nitrogen and oxygen atoms in total. The van der Waals surface area contributed by atoms with Gasteiger partial charge in [-0.3, -0.25) is 9.79 Å². The lowest BCUT2D eigenvalue weighted by atomic mass is 10.1. The maximum Gasteiger partial charge on any atom is 0.261 e. The molecule has 7 heteroatoms. The molecule has 1 heterocycles. The first kappa shape index (κ1) is 19.2. The van der Waals surface area contributed by atoms with Gasteiger partial charge in [-0.05, 0) is 18.1 Å². The predicted octanol–water partition coefficient (Wildman–Crippen LogP) is 2.51. The fourth-order valence-corrected chi connectivity index (χ4v) is 3.37. The fourth-order valence-electron chi connectivity index (χ4n) is 2.38. The highest BCUT2D eigenvalue weighted by Crippen LogP contribution is 2.20. The maximum atomic E-state index is 12.5. The second kappa shape index (κ2) is 9.36. The van der Waals surface area contributed by atoms with Crippen LogP contribution >= 0.6 is 22.9 Å². The topological polar surface area (TPSA) is 93.5 Å². The van der Waals surface area contributed by atoms with Crippen molar-refractivity contribution in [3.05, 3.63) is 69.0 Å². The number of carbonyl (C=O) groups excluding carboxylic acids is 1. The number of halogens is 1. The van der Waals surface area contributed by atoms with Crippen LogP contribution in [0.5, 0.6) is 0 Å². The number of hydrogen-bond donors (Lipinski definition) is 3. The summed E-state index contributed by atoms with van der Waals surface area (Å²) in [6, 6.07) is 11.6. The van der Waals surface area contributed by atoms with E-state index in [1.807, 2.05) is 35.7 Å². The van der Waals surface area contributed by atoms with Gasteiger partial charge in [-0.2, -0.15) is 0 Å². The van der Waals surface area contributed by atoms with E-state index in [0.717, 1.165) is 11.1 Å². The molecule has 0 aliphatic rings. The third-order valence-corrected chi connectivity index (χ3v) is 4.87. The van der Waals surface area contributed by atoms with Gasteiger partial charge in [0.25, 0.3) is 5.91 Å². The quantitative estimate of drug-likeness (QED) is 0.648. The molecule has 2 rings (SSSR count). The van der Waals surface area contributed by atoms with E-state index in [1.54, 1.807) is 13.1 Å². The minimum absolute atomic E-state index is 0.132. The van der Waals surface area contributed by atoms with Crippen LogP contribution in [0.1, 0.15) is 20.8 Å². The van der Waals surface area contributed by atoms with Crippen LogP contribution in [-0.4, -0.2) is 31.3 Å². The van der Waals surface area contributed by atoms with E-state index in [9.17, 15) is 4.79 Å². The normalized spacial score (nSPS) is 13.6. The molecule has 0 aliphatic heterocycles. The number of allylic oxidation sites excluding steroid dienone is 1. The number of nitrogens with zero attached hydrogens (tertiary/aromatic N) is 1. The van der Waals surface area contributed by atoms with Gasteiger partial charge in [-0.15, -0.1) is 11.3 Å². The Balaban J connectivity index is 2.07. The van der Waals surface area contributed by atoms with Crippen molar-refractivity contribution in [2.45, 2.75) is 12.5 Å². The Labute approximate surface area is 156 Å². The average Bonchev–Trinajstić information content (AvgIpc) is 3.12. The predicted molar refractivity (Wildman–Crippen MR) is 105 cm³/mol. The molecule has 0 aliphatic carbocycles. The highest BCUT2D eigenvalue weighted by atomic mass is 35.5. The zero-order chi connectivity index (χ0) is 18.2. The lowest BCUT2D eigenvalue weighted by Crippen LogP contribution is -2.41. The van der Waals surface area contributed by atoms with E-state index >= 15 is 0 Å². The summed E-state index contributed by atoms with van der Waals surface area (Å²) in [6.45, 7) is 0.363. The summed E-state index contributed by atoms with van der Waals surface area (Å²) in [7, 11) is 1.63. The summed E-state index contributed by atoms with van der Waals surface area (Å²) in [5, 5.41) is 5.15. The zero-order valence-electron chi connectivity index (χ0n) is 13.9. The van der Waals surface area contributed by atoms with Crippen molar-refractivity contribution in [2.75, 3.05) is 13.6 Å². The van der Waals surface area contributed by atoms with E-state index < -0.39 is 0 Å². The number of thiophene rings is 1. The first-order valence-electron chi connectivity index (χ1n) is 7.77. The molecule has 1 aromatic heterocycles. The van der Waals surface area contributed by atoms with Gasteiger partial charge in [-0.25, -0.2) is 0 Å². The molecule has 0 saturated heterocycles. The Hall–Kier alpha value is -2.15. The van der Waals surface area contributed by atoms with Gasteiger partial charge in [0.1, 0.15) is 0 Å². The molecule has 0 radical (unpaired) electrons. The smallest absolute Gasteiger partial charge is 0.261 e. The molecule has 1 amide bonds. The van der Waals surface area contributed by atoms with Gasteiger partial charge < -0.3 is 16.8 Å². The number of rotatable bonds is 7. The second-order valence-electron chi connectivity index (χ2n) is 5.38. The molecule has 0 saturated carbocycles. The van der Waals surface area contributed by atoms with Crippen molar-refractivity contribution < 1.29 is 4.79 Å². The molecule has 0 spiro atoms. The van der Waals surface area contributed by atoms with Crippen LogP contribution in [0.3, 0.4) is 0 Å². The number of amides is 1. The van der Waals surface area contributed by atoms with Crippen LogP contribution < -0.4 is 16.8 Å². The second-order valence-corrected chi connectivity index (χ2v) is 6.70. The molecular weight excluding hydrogens is 356 g/mol. The SMILES string of the molecule is CN=C(C(Cl)=CN)c1csc(C(=O)NC(CN)Cc2ccccc2)c1. The lowest BCUT2D eigenvalue weighted by molar-refractivity contribution is 0.0942. The minimum Gasteiger partial charge on any atom is -0.403 e. The summed E-state index contributed by atoms with van der Waals surface area (Å²) in [5.74, 6) is -0.161. The third kappa shape index (κ3) is 5.16. The van der Waals surface area contributed by atoms with E-state index in [4.69, 9.17) is 23.1 Å². The van der Waals surface area contributed by atoms with Crippen LogP contribution in [0.2, 0.25) is 0 Å². The highest BCUT2D eigenvalue weighted by molar-refractivity contribution is 7.12. The zero-order valence-corrected chi connectivity index (χ0v) is 15.5. The van der Waals surface area contributed by atoms with Crippen LogP contribution in [-0.2, 0) is 6.42 Å². The van der Waals surface area contributed by atoms with Crippen LogP contribution in [0.4, 0.5) is 0 Å². The van der Waals surface area contributed by atoms with Crippen molar-refractivity contribution in [2.24, 2.45) is 16.5 Å². The molecule has 25 heavy (non-hydrogen) atoms. The van der Waals surface area contributed by atoms with Gasteiger partial charge in [0, 0.05) is 36.8 Å². The summed E-state index contributed by atoms with van der Waals surface area (Å²) < 4.78 is 0. The van der Waals surface area contributed by atoms with Crippen LogP contribution in [0.25, 0.3) is 0 Å². The Morgan fingerprint density at radius 3 is 2.72 bits per heavy atom. The highest BCUT2D eigenvalue weighted by Gasteiger charge is 2.17. The van der Waals surface area contributed by atoms with Gasteiger partial charge >= 0.3 is 0 Å². The molecule has 0 bridgehead atoms. The van der Waals surface area contributed by atoms with E-state index in [-0.39, 0.29) is 11.9 Å². The molecule has 0 fully saturated rings. The fraction of sp³-hybridized carbons (Fsp3) is 0.222. The molecular formula is C18H21ClN4OS. The van der Waals surface area contributed by atoms with E-state index in [1.165, 1.54) is 17.5 Å². The van der Waals surface area contributed by atoms with Crippen molar-refractivity contribution >= 4 is 34.6 Å². The molecule has 5 N–H and O–H groups in total. The van der Waals surface area contributed by atoms with Gasteiger partial charge in [0.05, 0.1) is 15.6 Å². The summed E-state index contributed by atoms with van der Waals surface area (Å²) >= 11 is 7.37. The van der Waals surface area contributed by atoms with Gasteiger partial charge in [-0.1, -0.05) is 41.9 Å². The summed E-state index contributed by atoms with van der Waals surface area (Å²) in [5.41, 5.74) is 13.7. The monoisotopic (exact) mass is 376 g/mol. The molecule has 2 aromatic rings. The van der Waals surface area contributed by atoms with Crippen molar-refractivity contribution in [3.8, 4) is 0 Å². The van der Waals surface area contributed by atoms with Crippen LogP contribution in [0, 0.1) is 0 Å². The van der Waals surface area contributed by atoms with Crippen LogP contribution in [0.15, 0.2) is 58.0 Å². The molecule has 1 atom stereocenters. The average molecular weight is 377 g/mol. The molecule has 1 aromatic carbocycles. The molecule has 1 unspecified atom stereocenters. The number of carbonyl (C=O) groups is 1. The first-order chi connectivity index (χ1) is 12.1. The Bertz CT molecular complexity index is 770. The minimum atomic E-state index is -0.161. The number of nitrogens with one attached hydrogen (secondary N) is 1. The Morgan fingerprint density at radius 2 is 2.12 bits per heavy atom. The Kier molecular flexibility index (Phi) is 7.18. The lowest BCUT2D eigenvalue weighted by Gasteiger charge is -2.16. The number of nitrogens with two attached hydrogens (primary N) is 2. The van der Waals surface area contributed by atoms with E-state index in [2.05, 4.69) is 10.3 Å². The summed E-state index contributed by atoms with van der Waals surface area (Å²) in [6.07, 6.45) is 1.97. The first-order valence-corrected chi connectivity index (χ1v) is 9.03. The van der Waals surface area contributed by atoms with Crippen molar-refractivity contribution in [1.82, 2.24) is 5.32 Å². The maximum absolute atomic E-state index is 12.5. The molecule has 132 valence electrons. The van der Waals surface area contributed by atoms with Gasteiger partial charge in [0.2, 0.25) is 0 Å². The largest absolute Gasteiger partial charge is 0.403 e. The number of benzene rings is 1. The summed E-state index contributed by atoms with van der Waals surface area (Å²) in [4.78, 5) is 17.2. The Morgan fingerprint density at radius 1 is 1.40 bits per heavy atom. The van der Waals surface area contributed by atoms with Crippen molar-refractivity contribution in [3.63, 3.8) is 0 Å².